The molecule has 6 N–H and O–H groups in total. The number of benzene rings is 6. The van der Waals surface area contributed by atoms with Crippen molar-refractivity contribution in [2.24, 2.45) is 20.0 Å². The van der Waals surface area contributed by atoms with E-state index in [1.165, 1.54) is 0 Å². The van der Waals surface area contributed by atoms with Gasteiger partial charge >= 0.3 is 11.9 Å². The molecule has 0 heterocycles. The highest BCUT2D eigenvalue weighted by Crippen LogP contribution is 2.42. The van der Waals surface area contributed by atoms with Gasteiger partial charge in [0.15, 0.2) is 0 Å². The minimum Gasteiger partial charge on any atom is -0.507 e. The van der Waals surface area contributed by atoms with Crippen LogP contribution in [0.3, 0.4) is 0 Å². The van der Waals surface area contributed by atoms with Crippen molar-refractivity contribution in [2.45, 2.75) is 246 Å². The Labute approximate surface area is 559 Å². The summed E-state index contributed by atoms with van der Waals surface area (Å²) in [7, 11) is 0. The Hall–Kier alpha value is -8.26. The molecule has 8 rings (SSSR count). The third kappa shape index (κ3) is 17.5. The zero-order valence-electron chi connectivity index (χ0n) is 59.6. The molecule has 94 heavy (non-hydrogen) atoms. The topological polar surface area (TPSA) is 207 Å². The van der Waals surface area contributed by atoms with Crippen molar-refractivity contribution in [2.75, 3.05) is 10.9 Å². The zero-order valence-corrected chi connectivity index (χ0v) is 59.6. The van der Waals surface area contributed by atoms with Crippen LogP contribution in [0.5, 0.6) is 34.5 Å². The van der Waals surface area contributed by atoms with Crippen LogP contribution in [0.15, 0.2) is 105 Å². The maximum Gasteiger partial charge on any atom is 0.343 e. The standard InChI is InChI=1S/C80H104N6O8/c1-47-29-31-49(73(91)93-57-35-53(71(89)61(41-57)79(15,16)17)45-83-65-27-23-21-25-63(65)81-43-51-33-55(75(3,4)5)39-59(69(51)87)77(9,10)11)37-67(47)85-86-68-38-50(32-30-48(68)2)74(92)94-58-36-54(72(90)62(42-58)80(18,19)20)46-84-66-28-24-22-26-64(66)82-44-52-34-56(76(6,7)8)40-60(70(52)88)78(12,13)14/h29-46,63-66,85-90H,21-28H2,1-20H3/t63-,64-,65-,66-/m1/s1. The van der Waals surface area contributed by atoms with Gasteiger partial charge in [-0.3, -0.25) is 20.0 Å². The number of nitrogens with zero attached hydrogens (tertiary/aromatic N) is 4. The minimum atomic E-state index is -0.608. The fraction of sp³-hybridized carbons (Fsp3) is 0.475. The number of hydrogen-bond acceptors (Lipinski definition) is 14. The van der Waals surface area contributed by atoms with Crippen LogP contribution in [0, 0.1) is 13.8 Å². The Bertz CT molecular complexity index is 3650. The molecule has 6 aromatic rings. The molecule has 2 saturated carbocycles. The van der Waals surface area contributed by atoms with Crippen LogP contribution in [0.4, 0.5) is 11.4 Å². The number of carbonyl (C=O) groups excluding carboxylic acids is 2. The van der Waals surface area contributed by atoms with Gasteiger partial charge in [-0.15, -0.1) is 0 Å². The second kappa shape index (κ2) is 28.0. The van der Waals surface area contributed by atoms with Gasteiger partial charge in [0.25, 0.3) is 0 Å². The summed E-state index contributed by atoms with van der Waals surface area (Å²) in [5.74, 6) is -0.126. The van der Waals surface area contributed by atoms with Crippen LogP contribution in [-0.2, 0) is 32.5 Å². The highest BCUT2D eigenvalue weighted by atomic mass is 16.5. The summed E-state index contributed by atoms with van der Waals surface area (Å²) >= 11 is 0. The maximum absolute atomic E-state index is 14.1. The molecule has 502 valence electrons. The smallest absolute Gasteiger partial charge is 0.343 e. The van der Waals surface area contributed by atoms with Crippen LogP contribution in [0.1, 0.15) is 263 Å². The van der Waals surface area contributed by atoms with Gasteiger partial charge in [-0.05, 0) is 155 Å². The Morgan fingerprint density at radius 3 is 0.915 bits per heavy atom. The predicted molar refractivity (Wildman–Crippen MR) is 387 cm³/mol. The summed E-state index contributed by atoms with van der Waals surface area (Å²) in [4.78, 5) is 48.5. The number of hydrazine groups is 1. The highest BCUT2D eigenvalue weighted by molar-refractivity contribution is 5.95. The van der Waals surface area contributed by atoms with Gasteiger partial charge in [0, 0.05) is 69.4 Å². The molecule has 2 aliphatic rings. The number of aliphatic imine (C=N–C) groups is 4. The molecular weight excluding hydrogens is 1170 g/mol. The van der Waals surface area contributed by atoms with Crippen molar-refractivity contribution in [3.63, 3.8) is 0 Å². The fourth-order valence-electron chi connectivity index (χ4n) is 12.1. The molecule has 2 fully saturated rings. The lowest BCUT2D eigenvalue weighted by molar-refractivity contribution is 0.0725. The van der Waals surface area contributed by atoms with Gasteiger partial charge in [0.1, 0.15) is 34.5 Å². The van der Waals surface area contributed by atoms with Crippen molar-refractivity contribution in [3.8, 4) is 34.5 Å². The Kier molecular flexibility index (Phi) is 21.3. The minimum absolute atomic E-state index is 0.0549. The Morgan fingerprint density at radius 2 is 0.649 bits per heavy atom. The third-order valence-electron chi connectivity index (χ3n) is 18.2. The number of esters is 2. The van der Waals surface area contributed by atoms with Crippen molar-refractivity contribution >= 4 is 48.2 Å². The first-order chi connectivity index (χ1) is 43.7. The van der Waals surface area contributed by atoms with Crippen LogP contribution in [0.25, 0.3) is 0 Å². The van der Waals surface area contributed by atoms with Gasteiger partial charge in [0.05, 0.1) is 46.7 Å². The number of carbonyl (C=O) groups is 2. The number of rotatable bonds is 15. The van der Waals surface area contributed by atoms with E-state index in [0.717, 1.165) is 84.7 Å². The normalized spacial score (nSPS) is 18.0. The van der Waals surface area contributed by atoms with Crippen LogP contribution >= 0.6 is 0 Å². The molecule has 14 heteroatoms. The number of phenolic OH excluding ortho intramolecular Hbond substituents is 4. The molecule has 0 aliphatic heterocycles. The van der Waals surface area contributed by atoms with E-state index in [4.69, 9.17) is 29.4 Å². The molecule has 0 unspecified atom stereocenters. The van der Waals surface area contributed by atoms with Gasteiger partial charge in [-0.2, -0.15) is 0 Å². The third-order valence-corrected chi connectivity index (χ3v) is 18.2. The highest BCUT2D eigenvalue weighted by Gasteiger charge is 2.31. The molecule has 4 atom stereocenters. The summed E-state index contributed by atoms with van der Waals surface area (Å²) in [5.41, 5.74) is 15.4. The monoisotopic (exact) mass is 1280 g/mol. The fourth-order valence-corrected chi connectivity index (χ4v) is 12.1. The summed E-state index contributed by atoms with van der Waals surface area (Å²) in [6.07, 6.45) is 14.2. The van der Waals surface area contributed by atoms with Crippen LogP contribution in [0.2, 0.25) is 0 Å². The van der Waals surface area contributed by atoms with E-state index < -0.39 is 22.8 Å². The maximum atomic E-state index is 14.1. The lowest BCUT2D eigenvalue weighted by Gasteiger charge is -2.28. The first kappa shape index (κ1) is 71.6. The quantitative estimate of drug-likeness (QED) is 0.0248. The van der Waals surface area contributed by atoms with Crippen molar-refractivity contribution in [1.29, 1.82) is 0 Å². The molecule has 2 aliphatic carbocycles. The molecule has 0 spiro atoms. The zero-order chi connectivity index (χ0) is 69.2. The van der Waals surface area contributed by atoms with E-state index >= 15 is 0 Å². The first-order valence-electron chi connectivity index (χ1n) is 33.5. The molecule has 14 nitrogen and oxygen atoms in total. The summed E-state index contributed by atoms with van der Waals surface area (Å²) in [5, 5.41) is 46.5. The summed E-state index contributed by atoms with van der Waals surface area (Å²) in [6.45, 7) is 41.4. The molecule has 6 aromatic carbocycles. The first-order valence-corrected chi connectivity index (χ1v) is 33.5. The molecule has 0 bridgehead atoms. The Morgan fingerprint density at radius 1 is 0.383 bits per heavy atom. The van der Waals surface area contributed by atoms with Gasteiger partial charge in [0.2, 0.25) is 0 Å². The lowest BCUT2D eigenvalue weighted by atomic mass is 9.79. The number of hydrogen-bond donors (Lipinski definition) is 6. The average molecular weight is 1280 g/mol. The van der Waals surface area contributed by atoms with Gasteiger partial charge in [-0.25, -0.2) is 9.59 Å². The summed E-state index contributed by atoms with van der Waals surface area (Å²) in [6, 6.07) is 24.7. The SMILES string of the molecule is Cc1ccc(C(=O)Oc2cc(C=N[C@@H]3CCCC[C@H]3N=Cc3cc(C(C)(C)C)cc(C(C)(C)C)c3O)c(O)c(C(C)(C)C)c2)cc1NNc1cc(C(=O)Oc2cc(C=N[C@@H]3CCCC[C@H]3N=Cc3cc(C(C)(C)C)cc(C(C)(C)C)c3O)c(O)c(C(C)(C)C)c2)ccc1C. The van der Waals surface area contributed by atoms with E-state index in [9.17, 15) is 30.0 Å². The van der Waals surface area contributed by atoms with E-state index in [1.54, 1.807) is 73.4 Å². The van der Waals surface area contributed by atoms with Crippen LogP contribution in [-0.4, -0.2) is 81.4 Å². The predicted octanol–water partition coefficient (Wildman–Crippen LogP) is 18.5. The van der Waals surface area contributed by atoms with E-state index in [1.807, 2.05) is 79.7 Å². The van der Waals surface area contributed by atoms with Gasteiger partial charge in [-0.1, -0.05) is 175 Å². The van der Waals surface area contributed by atoms with Crippen LogP contribution < -0.4 is 20.3 Å². The number of aryl methyl sites for hydroxylation is 2. The van der Waals surface area contributed by atoms with E-state index in [2.05, 4.69) is 106 Å². The van der Waals surface area contributed by atoms with Gasteiger partial charge < -0.3 is 40.8 Å². The molecule has 0 aromatic heterocycles. The second-order valence-electron chi connectivity index (χ2n) is 32.3. The lowest BCUT2D eigenvalue weighted by Crippen LogP contribution is -2.27. The summed E-state index contributed by atoms with van der Waals surface area (Å²) < 4.78 is 12.2. The average Bonchev–Trinajstić information content (AvgIpc) is 0.813. The van der Waals surface area contributed by atoms with Crippen molar-refractivity contribution in [1.82, 2.24) is 0 Å². The second-order valence-corrected chi connectivity index (χ2v) is 32.3. The molecule has 0 amide bonds. The van der Waals surface area contributed by atoms with Crippen molar-refractivity contribution in [3.05, 3.63) is 163 Å². The molecule has 0 radical (unpaired) electrons. The van der Waals surface area contributed by atoms with Crippen molar-refractivity contribution < 1.29 is 39.5 Å². The van der Waals surface area contributed by atoms with E-state index in [0.29, 0.717) is 44.8 Å². The molecular formula is C80H104N6O8. The number of phenols is 4. The number of aromatic hydroxyl groups is 4. The van der Waals surface area contributed by atoms with E-state index in [-0.39, 0.29) is 91.5 Å². The number of anilines is 2. The molecule has 0 saturated heterocycles. The Balaban J connectivity index is 0.972. The largest absolute Gasteiger partial charge is 0.507 e. The number of ether oxygens (including phenoxy) is 2. The number of nitrogens with one attached hydrogen (secondary N) is 2.